The summed E-state index contributed by atoms with van der Waals surface area (Å²) >= 11 is 0. The zero-order chi connectivity index (χ0) is 35.4. The zero-order valence-electron chi connectivity index (χ0n) is 29.8. The van der Waals surface area contributed by atoms with Crippen LogP contribution >= 0.6 is 0 Å². The lowest BCUT2D eigenvalue weighted by atomic mass is 9.84. The predicted molar refractivity (Wildman–Crippen MR) is 220 cm³/mol. The molecule has 0 aliphatic carbocycles. The maximum atomic E-state index is 6.57. The lowest BCUT2D eigenvalue weighted by molar-refractivity contribution is 0.485. The summed E-state index contributed by atoms with van der Waals surface area (Å²) in [6.45, 7) is 6.75. The Balaban J connectivity index is 1.10. The van der Waals surface area contributed by atoms with Crippen LogP contribution in [0.2, 0.25) is 0 Å². The Morgan fingerprint density at radius 2 is 1.08 bits per heavy atom. The molecule has 4 nitrogen and oxygen atoms in total. The van der Waals surface area contributed by atoms with Gasteiger partial charge in [0.1, 0.15) is 17.3 Å². The molecule has 0 spiro atoms. The fraction of sp³-hybridized carbons (Fsp3) is 0.0816. The molecule has 4 heteroatoms. The molecule has 1 aliphatic heterocycles. The van der Waals surface area contributed by atoms with Crippen molar-refractivity contribution in [2.75, 3.05) is 0 Å². The van der Waals surface area contributed by atoms with Gasteiger partial charge in [-0.3, -0.25) is 4.57 Å². The Morgan fingerprint density at radius 3 is 1.77 bits per heavy atom. The van der Waals surface area contributed by atoms with Gasteiger partial charge in [0.2, 0.25) is 0 Å². The highest BCUT2D eigenvalue weighted by molar-refractivity contribution is 6.14. The number of nitrogens with zero attached hydrogens (tertiary/aromatic N) is 3. The number of fused-ring (bicyclic) bond motifs is 8. The van der Waals surface area contributed by atoms with E-state index in [0.29, 0.717) is 0 Å². The maximum absolute atomic E-state index is 6.57. The van der Waals surface area contributed by atoms with E-state index in [2.05, 4.69) is 182 Å². The average molecular weight is 682 g/mol. The monoisotopic (exact) mass is 681 g/mol. The fourth-order valence-electron chi connectivity index (χ4n) is 8.53. The highest BCUT2D eigenvalue weighted by Crippen LogP contribution is 2.49. The third-order valence-electron chi connectivity index (χ3n) is 11.1. The third-order valence-corrected chi connectivity index (χ3v) is 11.1. The van der Waals surface area contributed by atoms with Crippen molar-refractivity contribution in [3.63, 3.8) is 0 Å². The average Bonchev–Trinajstić information content (AvgIpc) is 3.70. The maximum Gasteiger partial charge on any atom is 0.145 e. The first-order valence-electron chi connectivity index (χ1n) is 18.3. The van der Waals surface area contributed by atoms with E-state index in [9.17, 15) is 0 Å². The second-order valence-corrected chi connectivity index (χ2v) is 15.2. The Hall–Kier alpha value is -6.65. The van der Waals surface area contributed by atoms with Crippen LogP contribution < -0.4 is 4.74 Å². The number of para-hydroxylation sites is 3. The van der Waals surface area contributed by atoms with Crippen molar-refractivity contribution in [1.29, 1.82) is 0 Å². The van der Waals surface area contributed by atoms with Crippen LogP contribution in [-0.2, 0) is 5.41 Å². The van der Waals surface area contributed by atoms with Gasteiger partial charge < -0.3 is 9.30 Å². The van der Waals surface area contributed by atoms with Gasteiger partial charge in [-0.1, -0.05) is 106 Å². The number of ether oxygens (including phenoxy) is 1. The number of hydrogen-bond donors (Lipinski definition) is 0. The van der Waals surface area contributed by atoms with Crippen molar-refractivity contribution in [2.24, 2.45) is 0 Å². The van der Waals surface area contributed by atoms with E-state index in [1.807, 2.05) is 6.20 Å². The molecule has 0 radical (unpaired) electrons. The molecular weight excluding hydrogens is 647 g/mol. The minimum absolute atomic E-state index is 0.0209. The minimum Gasteiger partial charge on any atom is -0.456 e. The summed E-state index contributed by atoms with van der Waals surface area (Å²) in [6.07, 6.45) is 2.05. The molecule has 0 saturated heterocycles. The summed E-state index contributed by atoms with van der Waals surface area (Å²) < 4.78 is 11.3. The highest BCUT2D eigenvalue weighted by atomic mass is 16.5. The Kier molecular flexibility index (Phi) is 6.19. The van der Waals surface area contributed by atoms with E-state index in [1.54, 1.807) is 0 Å². The number of pyridine rings is 1. The summed E-state index contributed by atoms with van der Waals surface area (Å²) in [7, 11) is 0. The summed E-state index contributed by atoms with van der Waals surface area (Å²) in [5, 5.41) is 7.06. The Morgan fingerprint density at radius 1 is 0.472 bits per heavy atom. The highest BCUT2D eigenvalue weighted by Gasteiger charge is 2.26. The molecule has 7 aromatic carbocycles. The second-order valence-electron chi connectivity index (χ2n) is 15.2. The molecule has 4 heterocycles. The van der Waals surface area contributed by atoms with E-state index in [4.69, 9.17) is 9.72 Å². The number of rotatable bonds is 3. The normalized spacial score (nSPS) is 12.6. The molecule has 1 aliphatic rings. The van der Waals surface area contributed by atoms with Gasteiger partial charge in [-0.05, 0) is 88.8 Å². The summed E-state index contributed by atoms with van der Waals surface area (Å²) in [6, 6.07) is 54.7. The number of aromatic nitrogens is 3. The van der Waals surface area contributed by atoms with E-state index < -0.39 is 0 Å². The van der Waals surface area contributed by atoms with Crippen LogP contribution in [-0.4, -0.2) is 14.1 Å². The smallest absolute Gasteiger partial charge is 0.145 e. The van der Waals surface area contributed by atoms with Gasteiger partial charge in [-0.2, -0.15) is 0 Å². The third kappa shape index (κ3) is 4.39. The van der Waals surface area contributed by atoms with E-state index in [1.165, 1.54) is 55.0 Å². The molecular formula is C49H35N3O. The Labute approximate surface area is 307 Å². The molecule has 0 fully saturated rings. The fourth-order valence-corrected chi connectivity index (χ4v) is 8.53. The SMILES string of the molecule is CC(C)(C)c1ccc2c(c1)-c1cnc(-n3c4ccccc4c4cc(-c5ccc6c(c5)c5ccccc5n6-c5ccccc5)ccc43)c3cccc(c13)O2. The molecule has 0 atom stereocenters. The molecule has 0 amide bonds. The van der Waals surface area contributed by atoms with Crippen LogP contribution in [0.3, 0.4) is 0 Å². The number of hydrogen-bond acceptors (Lipinski definition) is 2. The van der Waals surface area contributed by atoms with Gasteiger partial charge in [0.15, 0.2) is 0 Å². The van der Waals surface area contributed by atoms with E-state index >= 15 is 0 Å². The molecule has 11 rings (SSSR count). The van der Waals surface area contributed by atoms with Gasteiger partial charge in [0.25, 0.3) is 0 Å². The van der Waals surface area contributed by atoms with Crippen LogP contribution in [0.1, 0.15) is 26.3 Å². The number of benzene rings is 7. The first-order chi connectivity index (χ1) is 25.9. The summed E-state index contributed by atoms with van der Waals surface area (Å²) in [5.41, 5.74) is 11.7. The summed E-state index contributed by atoms with van der Waals surface area (Å²) in [4.78, 5) is 5.26. The van der Waals surface area contributed by atoms with Crippen LogP contribution in [0.4, 0.5) is 0 Å². The van der Waals surface area contributed by atoms with Gasteiger partial charge >= 0.3 is 0 Å². The standard InChI is InChI=1S/C49H35N3O/c1-49(2,3)32-22-25-45-39(28-32)40-29-50-48(36-16-11-19-46(53-45)47(36)40)52-42-18-10-8-15-35(42)38-27-31(21-24-44(38)52)30-20-23-43-37(26-30)34-14-7-9-17-41(34)51(43)33-12-5-4-6-13-33/h4-29H,1-3H3. The van der Waals surface area contributed by atoms with Crippen LogP contribution in [0, 0.1) is 0 Å². The van der Waals surface area contributed by atoms with Crippen molar-refractivity contribution in [2.45, 2.75) is 26.2 Å². The van der Waals surface area contributed by atoms with Crippen molar-refractivity contribution in [3.05, 3.63) is 163 Å². The first-order valence-corrected chi connectivity index (χ1v) is 18.3. The topological polar surface area (TPSA) is 32.0 Å². The van der Waals surface area contributed by atoms with Gasteiger partial charge in [0.05, 0.1) is 22.1 Å². The Bertz CT molecular complexity index is 3120. The predicted octanol–water partition coefficient (Wildman–Crippen LogP) is 13.2. The van der Waals surface area contributed by atoms with E-state index in [0.717, 1.165) is 50.2 Å². The molecule has 0 bridgehead atoms. The molecule has 3 aromatic heterocycles. The quantitative estimate of drug-likeness (QED) is 0.186. The van der Waals surface area contributed by atoms with Crippen molar-refractivity contribution in [3.8, 4) is 45.3 Å². The zero-order valence-corrected chi connectivity index (χ0v) is 29.8. The molecule has 10 aromatic rings. The van der Waals surface area contributed by atoms with Crippen LogP contribution in [0.5, 0.6) is 11.5 Å². The van der Waals surface area contributed by atoms with Crippen molar-refractivity contribution in [1.82, 2.24) is 14.1 Å². The second kappa shape index (κ2) is 10.9. The molecule has 0 N–H and O–H groups in total. The molecule has 252 valence electrons. The largest absolute Gasteiger partial charge is 0.456 e. The molecule has 0 saturated carbocycles. The van der Waals surface area contributed by atoms with Gasteiger partial charge in [-0.15, -0.1) is 0 Å². The first kappa shape index (κ1) is 30.0. The van der Waals surface area contributed by atoms with Gasteiger partial charge in [-0.25, -0.2) is 4.98 Å². The minimum atomic E-state index is 0.0209. The molecule has 0 unspecified atom stereocenters. The summed E-state index contributed by atoms with van der Waals surface area (Å²) in [5.74, 6) is 2.64. The van der Waals surface area contributed by atoms with Crippen LogP contribution in [0.15, 0.2) is 158 Å². The van der Waals surface area contributed by atoms with E-state index in [-0.39, 0.29) is 5.41 Å². The lowest BCUT2D eigenvalue weighted by Gasteiger charge is -2.25. The molecule has 53 heavy (non-hydrogen) atoms. The lowest BCUT2D eigenvalue weighted by Crippen LogP contribution is -2.11. The van der Waals surface area contributed by atoms with Crippen molar-refractivity contribution >= 4 is 54.4 Å². The van der Waals surface area contributed by atoms with Gasteiger partial charge in [0, 0.05) is 55.3 Å². The van der Waals surface area contributed by atoms with Crippen molar-refractivity contribution < 1.29 is 4.74 Å². The van der Waals surface area contributed by atoms with Crippen LogP contribution in [0.25, 0.3) is 88.1 Å².